The Morgan fingerprint density at radius 3 is 2.25 bits per heavy atom. The van der Waals surface area contributed by atoms with E-state index >= 15 is 0 Å². The van der Waals surface area contributed by atoms with Crippen LogP contribution in [0.3, 0.4) is 0 Å². The average Bonchev–Trinajstić information content (AvgIpc) is 2.41. The Morgan fingerprint density at radius 1 is 1.05 bits per heavy atom. The zero-order chi connectivity index (χ0) is 15.2. The Bertz CT molecular complexity index is 413. The summed E-state index contributed by atoms with van der Waals surface area (Å²) in [5.41, 5.74) is 1.35. The van der Waals surface area contributed by atoms with Crippen LogP contribution in [0.4, 0.5) is 0 Å². The lowest BCUT2D eigenvalue weighted by Gasteiger charge is -2.22. The molecule has 0 radical (unpaired) electrons. The van der Waals surface area contributed by atoms with E-state index in [1.165, 1.54) is 5.56 Å². The number of ether oxygens (including phenoxy) is 2. The molecular weight excluding hydrogens is 252 g/mol. The van der Waals surface area contributed by atoms with Crippen LogP contribution in [0.2, 0.25) is 0 Å². The van der Waals surface area contributed by atoms with Gasteiger partial charge in [-0.3, -0.25) is 0 Å². The van der Waals surface area contributed by atoms with Crippen molar-refractivity contribution in [3.05, 3.63) is 23.8 Å². The third-order valence-corrected chi connectivity index (χ3v) is 3.14. The van der Waals surface area contributed by atoms with E-state index < -0.39 is 0 Å². The molecule has 4 heteroatoms. The largest absolute Gasteiger partial charge is 0.493 e. The summed E-state index contributed by atoms with van der Waals surface area (Å²) in [6.45, 7) is 10.5. The van der Waals surface area contributed by atoms with Crippen LogP contribution >= 0.6 is 0 Å². The van der Waals surface area contributed by atoms with Crippen LogP contribution in [0.15, 0.2) is 18.2 Å². The number of methoxy groups -OCH3 is 2. The molecule has 1 aromatic carbocycles. The maximum absolute atomic E-state index is 5.33. The fraction of sp³-hybridized carbons (Fsp3) is 0.625. The first-order valence-corrected chi connectivity index (χ1v) is 7.07. The van der Waals surface area contributed by atoms with Gasteiger partial charge in [-0.1, -0.05) is 6.07 Å². The molecule has 0 bridgehead atoms. The van der Waals surface area contributed by atoms with E-state index in [9.17, 15) is 0 Å². The molecule has 0 aromatic heterocycles. The third-order valence-electron chi connectivity index (χ3n) is 3.14. The van der Waals surface area contributed by atoms with Gasteiger partial charge in [-0.15, -0.1) is 0 Å². The zero-order valence-electron chi connectivity index (χ0n) is 13.5. The van der Waals surface area contributed by atoms with Gasteiger partial charge < -0.3 is 20.1 Å². The van der Waals surface area contributed by atoms with Crippen LogP contribution in [-0.2, 0) is 0 Å². The minimum atomic E-state index is 0.161. The first kappa shape index (κ1) is 16.8. The quantitative estimate of drug-likeness (QED) is 0.754. The Labute approximate surface area is 122 Å². The van der Waals surface area contributed by atoms with Crippen molar-refractivity contribution in [2.24, 2.45) is 0 Å². The van der Waals surface area contributed by atoms with Crippen molar-refractivity contribution < 1.29 is 9.47 Å². The van der Waals surface area contributed by atoms with Crippen molar-refractivity contribution in [2.75, 3.05) is 27.3 Å². The van der Waals surface area contributed by atoms with E-state index in [-0.39, 0.29) is 11.6 Å². The first-order valence-electron chi connectivity index (χ1n) is 7.07. The molecule has 4 nitrogen and oxygen atoms in total. The fourth-order valence-electron chi connectivity index (χ4n) is 1.97. The maximum atomic E-state index is 5.33. The van der Waals surface area contributed by atoms with E-state index in [0.717, 1.165) is 24.6 Å². The highest BCUT2D eigenvalue weighted by Crippen LogP contribution is 2.29. The SMILES string of the molecule is COc1ccc(C(C)NCCNC(C)(C)C)cc1OC. The van der Waals surface area contributed by atoms with Crippen molar-refractivity contribution in [1.82, 2.24) is 10.6 Å². The smallest absolute Gasteiger partial charge is 0.161 e. The van der Waals surface area contributed by atoms with Crippen molar-refractivity contribution in [2.45, 2.75) is 39.3 Å². The molecule has 1 aromatic rings. The van der Waals surface area contributed by atoms with Gasteiger partial charge in [0.15, 0.2) is 11.5 Å². The summed E-state index contributed by atoms with van der Waals surface area (Å²) in [4.78, 5) is 0. The summed E-state index contributed by atoms with van der Waals surface area (Å²) in [6, 6.07) is 6.31. The number of hydrogen-bond acceptors (Lipinski definition) is 4. The van der Waals surface area contributed by atoms with Gasteiger partial charge in [0.1, 0.15) is 0 Å². The molecule has 0 aliphatic carbocycles. The Morgan fingerprint density at radius 2 is 1.70 bits per heavy atom. The van der Waals surface area contributed by atoms with Crippen LogP contribution in [0.1, 0.15) is 39.3 Å². The molecule has 114 valence electrons. The van der Waals surface area contributed by atoms with Gasteiger partial charge in [0.2, 0.25) is 0 Å². The second-order valence-electron chi connectivity index (χ2n) is 5.97. The molecule has 0 amide bonds. The highest BCUT2D eigenvalue weighted by atomic mass is 16.5. The van der Waals surface area contributed by atoms with Gasteiger partial charge in [0.25, 0.3) is 0 Å². The number of hydrogen-bond donors (Lipinski definition) is 2. The molecule has 0 aliphatic heterocycles. The summed E-state index contributed by atoms with van der Waals surface area (Å²) in [5.74, 6) is 1.53. The summed E-state index contributed by atoms with van der Waals surface area (Å²) in [7, 11) is 3.31. The molecule has 0 aliphatic rings. The van der Waals surface area contributed by atoms with Gasteiger partial charge in [-0.2, -0.15) is 0 Å². The molecular formula is C16H28N2O2. The minimum absolute atomic E-state index is 0.161. The Hall–Kier alpha value is -1.26. The van der Waals surface area contributed by atoms with Crippen LogP contribution in [0.25, 0.3) is 0 Å². The molecule has 0 saturated carbocycles. The Balaban J connectivity index is 2.53. The third kappa shape index (κ3) is 5.39. The monoisotopic (exact) mass is 280 g/mol. The molecule has 1 rings (SSSR count). The summed E-state index contributed by atoms with van der Waals surface area (Å²) >= 11 is 0. The number of rotatable bonds is 7. The highest BCUT2D eigenvalue weighted by Gasteiger charge is 2.11. The lowest BCUT2D eigenvalue weighted by Crippen LogP contribution is -2.40. The van der Waals surface area contributed by atoms with Crippen LogP contribution in [0, 0.1) is 0 Å². The standard InChI is InChI=1S/C16H28N2O2/c1-12(17-9-10-18-16(2,3)4)13-7-8-14(19-5)15(11-13)20-6/h7-8,11-12,17-18H,9-10H2,1-6H3. The van der Waals surface area contributed by atoms with Gasteiger partial charge >= 0.3 is 0 Å². The van der Waals surface area contributed by atoms with Gasteiger partial charge in [-0.25, -0.2) is 0 Å². The lowest BCUT2D eigenvalue weighted by molar-refractivity contribution is 0.354. The van der Waals surface area contributed by atoms with E-state index in [1.807, 2.05) is 12.1 Å². The molecule has 1 unspecified atom stereocenters. The maximum Gasteiger partial charge on any atom is 0.161 e. The van der Waals surface area contributed by atoms with E-state index in [0.29, 0.717) is 0 Å². The first-order chi connectivity index (χ1) is 9.37. The molecule has 0 spiro atoms. The van der Waals surface area contributed by atoms with Crippen LogP contribution in [0.5, 0.6) is 11.5 Å². The van der Waals surface area contributed by atoms with Gasteiger partial charge in [0, 0.05) is 24.7 Å². The van der Waals surface area contributed by atoms with Crippen molar-refractivity contribution in [3.8, 4) is 11.5 Å². The van der Waals surface area contributed by atoms with Gasteiger partial charge in [-0.05, 0) is 45.4 Å². The molecule has 0 saturated heterocycles. The van der Waals surface area contributed by atoms with E-state index in [2.05, 4.69) is 44.4 Å². The molecule has 2 N–H and O–H groups in total. The summed E-state index contributed by atoms with van der Waals surface area (Å²) in [6.07, 6.45) is 0. The molecule has 0 heterocycles. The van der Waals surface area contributed by atoms with Gasteiger partial charge in [0.05, 0.1) is 14.2 Å². The van der Waals surface area contributed by atoms with E-state index in [4.69, 9.17) is 9.47 Å². The predicted octanol–water partition coefficient (Wildman–Crippen LogP) is 2.74. The topological polar surface area (TPSA) is 42.5 Å². The number of benzene rings is 1. The van der Waals surface area contributed by atoms with E-state index in [1.54, 1.807) is 14.2 Å². The molecule has 20 heavy (non-hydrogen) atoms. The normalized spacial score (nSPS) is 13.1. The highest BCUT2D eigenvalue weighted by molar-refractivity contribution is 5.43. The van der Waals surface area contributed by atoms with Crippen molar-refractivity contribution in [3.63, 3.8) is 0 Å². The fourth-order valence-corrected chi connectivity index (χ4v) is 1.97. The second-order valence-corrected chi connectivity index (χ2v) is 5.97. The molecule has 0 fully saturated rings. The lowest BCUT2D eigenvalue weighted by atomic mass is 10.1. The zero-order valence-corrected chi connectivity index (χ0v) is 13.5. The summed E-state index contributed by atoms with van der Waals surface area (Å²) in [5, 5.41) is 6.96. The molecule has 1 atom stereocenters. The van der Waals surface area contributed by atoms with Crippen molar-refractivity contribution in [1.29, 1.82) is 0 Å². The minimum Gasteiger partial charge on any atom is -0.493 e. The van der Waals surface area contributed by atoms with Crippen LogP contribution in [-0.4, -0.2) is 32.8 Å². The number of nitrogens with one attached hydrogen (secondary N) is 2. The predicted molar refractivity (Wildman–Crippen MR) is 83.7 cm³/mol. The summed E-state index contributed by atoms with van der Waals surface area (Å²) < 4.78 is 10.6. The average molecular weight is 280 g/mol. The van der Waals surface area contributed by atoms with Crippen molar-refractivity contribution >= 4 is 0 Å². The van der Waals surface area contributed by atoms with Crippen LogP contribution < -0.4 is 20.1 Å². The Kier molecular flexibility index (Phi) is 6.30. The second kappa shape index (κ2) is 7.50.